The highest BCUT2D eigenvalue weighted by molar-refractivity contribution is 5.80. The van der Waals surface area contributed by atoms with Gasteiger partial charge in [-0.05, 0) is 60.1 Å². The van der Waals surface area contributed by atoms with Gasteiger partial charge in [0.15, 0.2) is 0 Å². The topological polar surface area (TPSA) is 51.3 Å². The first-order valence-corrected chi connectivity index (χ1v) is 15.7. The van der Waals surface area contributed by atoms with Crippen molar-refractivity contribution in [1.29, 1.82) is 0 Å². The Balaban J connectivity index is 1.18. The summed E-state index contributed by atoms with van der Waals surface area (Å²) in [6.45, 7) is 5.06. The van der Waals surface area contributed by atoms with Crippen LogP contribution in [-0.2, 0) is 24.3 Å². The summed E-state index contributed by atoms with van der Waals surface area (Å²) < 4.78 is 2.39. The number of hydrogen-bond donors (Lipinski definition) is 2. The Kier molecular flexibility index (Phi) is 7.66. The van der Waals surface area contributed by atoms with E-state index in [1.54, 1.807) is 0 Å². The second-order valence-corrected chi connectivity index (χ2v) is 12.5. The second-order valence-electron chi connectivity index (χ2n) is 12.5. The number of likely N-dealkylation sites (tertiary alicyclic amines) is 2. The van der Waals surface area contributed by atoms with Gasteiger partial charge in [-0.1, -0.05) is 97.1 Å². The molecule has 2 aliphatic heterocycles. The lowest BCUT2D eigenvalue weighted by Gasteiger charge is -2.39. The van der Waals surface area contributed by atoms with Gasteiger partial charge in [0.1, 0.15) is 0 Å². The molecular weight excluding hydrogens is 530 g/mol. The quantitative estimate of drug-likeness (QED) is 0.232. The number of pyridine rings is 1. The summed E-state index contributed by atoms with van der Waals surface area (Å²) in [5.74, 6) is 0. The number of hydrogen-bond acceptors (Lipinski definition) is 4. The van der Waals surface area contributed by atoms with Crippen LogP contribution in [0.5, 0.6) is 0 Å². The van der Waals surface area contributed by atoms with Crippen molar-refractivity contribution >= 4 is 5.52 Å². The predicted octanol–water partition coefficient (Wildman–Crippen LogP) is 6.57. The lowest BCUT2D eigenvalue weighted by molar-refractivity contribution is -0.0279. The molecule has 2 aromatic heterocycles. The summed E-state index contributed by atoms with van der Waals surface area (Å²) in [6, 6.07) is 37.6. The number of rotatable bonds is 7. The number of fused-ring (bicyclic) bond motifs is 1. The molecule has 2 fully saturated rings. The van der Waals surface area contributed by atoms with E-state index in [0.29, 0.717) is 0 Å². The molecule has 0 atom stereocenters. The summed E-state index contributed by atoms with van der Waals surface area (Å²) in [4.78, 5) is 5.01. The van der Waals surface area contributed by atoms with Crippen molar-refractivity contribution in [1.82, 2.24) is 14.2 Å². The van der Waals surface area contributed by atoms with E-state index in [9.17, 15) is 10.2 Å². The lowest BCUT2D eigenvalue weighted by Crippen LogP contribution is -2.42. The zero-order valence-corrected chi connectivity index (χ0v) is 24.8. The number of benzene rings is 3. The van der Waals surface area contributed by atoms with Gasteiger partial charge in [0.2, 0.25) is 0 Å². The van der Waals surface area contributed by atoms with Crippen LogP contribution in [0.3, 0.4) is 0 Å². The first-order chi connectivity index (χ1) is 21.0. The molecule has 0 bridgehead atoms. The molecule has 5 heteroatoms. The minimum absolute atomic E-state index is 0.728. The number of aliphatic hydroxyl groups is 2. The van der Waals surface area contributed by atoms with Crippen molar-refractivity contribution in [2.45, 2.75) is 50.0 Å². The van der Waals surface area contributed by atoms with Crippen LogP contribution in [0.15, 0.2) is 115 Å². The van der Waals surface area contributed by atoms with Crippen LogP contribution in [0.1, 0.15) is 48.1 Å². The largest absolute Gasteiger partial charge is 0.385 e. The summed E-state index contributed by atoms with van der Waals surface area (Å²) in [5, 5.41) is 22.9. The average Bonchev–Trinajstić information content (AvgIpc) is 3.37. The van der Waals surface area contributed by atoms with Crippen LogP contribution in [0.4, 0.5) is 0 Å². The Morgan fingerprint density at radius 3 is 1.53 bits per heavy atom. The third-order valence-corrected chi connectivity index (χ3v) is 9.86. The molecule has 0 aliphatic carbocycles. The maximum Gasteiger partial charge on any atom is 0.0920 e. The van der Waals surface area contributed by atoms with Gasteiger partial charge in [0.25, 0.3) is 0 Å². The highest BCUT2D eigenvalue weighted by atomic mass is 16.3. The number of piperidine rings is 2. The normalized spacial score (nSPS) is 19.0. The molecule has 2 saturated heterocycles. The zero-order chi connectivity index (χ0) is 29.3. The average molecular weight is 572 g/mol. The smallest absolute Gasteiger partial charge is 0.0920 e. The van der Waals surface area contributed by atoms with E-state index in [0.717, 1.165) is 76.1 Å². The van der Waals surface area contributed by atoms with E-state index in [1.807, 2.05) is 36.4 Å². The minimum Gasteiger partial charge on any atom is -0.385 e. The number of nitrogens with zero attached hydrogens (tertiary/aromatic N) is 3. The van der Waals surface area contributed by atoms with E-state index in [-0.39, 0.29) is 0 Å². The van der Waals surface area contributed by atoms with Crippen LogP contribution in [0.2, 0.25) is 0 Å². The third kappa shape index (κ3) is 5.54. The van der Waals surface area contributed by atoms with Crippen molar-refractivity contribution in [3.63, 3.8) is 0 Å². The van der Waals surface area contributed by atoms with E-state index in [2.05, 4.69) is 93.2 Å². The standard InChI is InChI=1S/C38H41N3O2/c42-37(31-14-6-2-7-15-31)19-24-39(25-20-37)28-33-34-18-10-11-23-41(34)35(36(33)30-12-4-1-5-13-30)29-40-26-21-38(43,22-27-40)32-16-8-3-9-17-32/h1-18,23,42-43H,19-22,24-29H2. The molecule has 2 N–H and O–H groups in total. The second kappa shape index (κ2) is 11.7. The number of aromatic nitrogens is 1. The Bertz CT molecular complexity index is 1550. The van der Waals surface area contributed by atoms with Crippen LogP contribution in [0, 0.1) is 0 Å². The molecule has 3 aromatic carbocycles. The molecule has 43 heavy (non-hydrogen) atoms. The van der Waals surface area contributed by atoms with Gasteiger partial charge in [0.05, 0.1) is 16.7 Å². The van der Waals surface area contributed by atoms with Crippen LogP contribution < -0.4 is 0 Å². The molecule has 0 saturated carbocycles. The molecule has 5 nitrogen and oxygen atoms in total. The summed E-state index contributed by atoms with van der Waals surface area (Å²) in [6.07, 6.45) is 5.12. The van der Waals surface area contributed by atoms with Gasteiger partial charge in [0, 0.05) is 56.7 Å². The minimum atomic E-state index is -0.762. The summed E-state index contributed by atoms with van der Waals surface area (Å²) >= 11 is 0. The molecule has 0 radical (unpaired) electrons. The molecule has 2 aliphatic rings. The third-order valence-electron chi connectivity index (χ3n) is 9.86. The molecule has 0 spiro atoms. The Morgan fingerprint density at radius 1 is 0.535 bits per heavy atom. The monoisotopic (exact) mass is 571 g/mol. The highest BCUT2D eigenvalue weighted by Crippen LogP contribution is 2.39. The molecule has 7 rings (SSSR count). The van der Waals surface area contributed by atoms with Gasteiger partial charge < -0.3 is 14.6 Å². The SMILES string of the molecule is OC1(c2ccccc2)CCN(Cc2c(-c3ccccc3)c(CN3CCC(O)(c4ccccc4)CC3)n3ccccc23)CC1. The van der Waals surface area contributed by atoms with Gasteiger partial charge in [-0.15, -0.1) is 0 Å². The first-order valence-electron chi connectivity index (χ1n) is 15.7. The van der Waals surface area contributed by atoms with Crippen LogP contribution in [-0.4, -0.2) is 50.6 Å². The van der Waals surface area contributed by atoms with E-state index >= 15 is 0 Å². The Morgan fingerprint density at radius 2 is 1.00 bits per heavy atom. The molecule has 4 heterocycles. The first kappa shape index (κ1) is 28.1. The van der Waals surface area contributed by atoms with Crippen molar-refractivity contribution < 1.29 is 10.2 Å². The van der Waals surface area contributed by atoms with Crippen molar-refractivity contribution in [3.8, 4) is 11.1 Å². The Labute approximate surface area is 254 Å². The molecular formula is C38H41N3O2. The molecule has 0 unspecified atom stereocenters. The van der Waals surface area contributed by atoms with Gasteiger partial charge in [-0.3, -0.25) is 9.80 Å². The van der Waals surface area contributed by atoms with Gasteiger partial charge in [-0.25, -0.2) is 0 Å². The maximum absolute atomic E-state index is 11.5. The van der Waals surface area contributed by atoms with Crippen LogP contribution in [0.25, 0.3) is 16.6 Å². The van der Waals surface area contributed by atoms with Crippen molar-refractivity contribution in [3.05, 3.63) is 138 Å². The predicted molar refractivity (Wildman–Crippen MR) is 173 cm³/mol. The molecule has 220 valence electrons. The fourth-order valence-electron chi connectivity index (χ4n) is 7.28. The maximum atomic E-state index is 11.5. The van der Waals surface area contributed by atoms with E-state index in [1.165, 1.54) is 27.9 Å². The highest BCUT2D eigenvalue weighted by Gasteiger charge is 2.36. The zero-order valence-electron chi connectivity index (χ0n) is 24.8. The summed E-state index contributed by atoms with van der Waals surface area (Å²) in [7, 11) is 0. The van der Waals surface area contributed by atoms with E-state index in [4.69, 9.17) is 0 Å². The van der Waals surface area contributed by atoms with Gasteiger partial charge in [-0.2, -0.15) is 0 Å². The fourth-order valence-corrected chi connectivity index (χ4v) is 7.28. The summed E-state index contributed by atoms with van der Waals surface area (Å²) in [5.41, 5.74) is 6.99. The van der Waals surface area contributed by atoms with Crippen molar-refractivity contribution in [2.24, 2.45) is 0 Å². The van der Waals surface area contributed by atoms with E-state index < -0.39 is 11.2 Å². The Hall–Kier alpha value is -3.74. The fraction of sp³-hybridized carbons (Fsp3) is 0.316. The van der Waals surface area contributed by atoms with Gasteiger partial charge >= 0.3 is 0 Å². The lowest BCUT2D eigenvalue weighted by atomic mass is 9.84. The molecule has 5 aromatic rings. The van der Waals surface area contributed by atoms with Crippen molar-refractivity contribution in [2.75, 3.05) is 26.2 Å². The molecule has 0 amide bonds. The van der Waals surface area contributed by atoms with Crippen LogP contribution >= 0.6 is 0 Å².